The molecule has 0 radical (unpaired) electrons. The number of fused-ring (bicyclic) bond motifs is 1. The van der Waals surface area contributed by atoms with Gasteiger partial charge in [0.05, 0.1) is 23.5 Å². The van der Waals surface area contributed by atoms with E-state index in [1.165, 1.54) is 6.20 Å². The van der Waals surface area contributed by atoms with Gasteiger partial charge in [0.25, 0.3) is 0 Å². The van der Waals surface area contributed by atoms with Crippen LogP contribution in [0.1, 0.15) is 11.3 Å². The number of aromatic nitrogens is 4. The predicted molar refractivity (Wildman–Crippen MR) is 68.0 cm³/mol. The lowest BCUT2D eigenvalue weighted by molar-refractivity contribution is -0.137. The van der Waals surface area contributed by atoms with Gasteiger partial charge < -0.3 is 0 Å². The average molecular weight is 280 g/mol. The molecule has 0 saturated carbocycles. The lowest BCUT2D eigenvalue weighted by Crippen LogP contribution is -2.05. The number of aryl methyl sites for hydroxylation is 1. The number of aromatic amines is 1. The molecule has 0 saturated heterocycles. The van der Waals surface area contributed by atoms with Crippen molar-refractivity contribution in [1.29, 1.82) is 0 Å². The van der Waals surface area contributed by atoms with E-state index in [-0.39, 0.29) is 0 Å². The van der Waals surface area contributed by atoms with Gasteiger partial charge in [-0.25, -0.2) is 0 Å². The predicted octanol–water partition coefficient (Wildman–Crippen LogP) is 3.29. The second-order valence-corrected chi connectivity index (χ2v) is 4.62. The van der Waals surface area contributed by atoms with Crippen molar-refractivity contribution in [2.75, 3.05) is 0 Å². The third-order valence-corrected chi connectivity index (χ3v) is 3.41. The normalized spacial score (nSPS) is 12.2. The molecule has 1 N–H and O–H groups in total. The number of alkyl halides is 3. The molecule has 4 nitrogen and oxygen atoms in total. The van der Waals surface area contributed by atoms with Gasteiger partial charge in [0.1, 0.15) is 0 Å². The molecule has 0 aliphatic rings. The highest BCUT2D eigenvalue weighted by molar-refractivity contribution is 5.95. The molecule has 0 fully saturated rings. The molecule has 2 heterocycles. The third kappa shape index (κ3) is 1.86. The van der Waals surface area contributed by atoms with Crippen molar-refractivity contribution in [2.24, 2.45) is 7.05 Å². The van der Waals surface area contributed by atoms with Crippen LogP contribution in [-0.4, -0.2) is 20.0 Å². The zero-order chi connectivity index (χ0) is 14.5. The summed E-state index contributed by atoms with van der Waals surface area (Å²) in [7, 11) is 1.75. The van der Waals surface area contributed by atoms with Gasteiger partial charge in [-0.05, 0) is 24.6 Å². The summed E-state index contributed by atoms with van der Waals surface area (Å²) in [5.74, 6) is 0. The van der Waals surface area contributed by atoms with E-state index in [2.05, 4.69) is 15.3 Å². The zero-order valence-corrected chi connectivity index (χ0v) is 10.8. The maximum absolute atomic E-state index is 13.0. The number of benzene rings is 1. The molecule has 0 bridgehead atoms. The molecule has 0 unspecified atom stereocenters. The van der Waals surface area contributed by atoms with Crippen molar-refractivity contribution in [3.8, 4) is 11.1 Å². The maximum Gasteiger partial charge on any atom is 0.416 e. The number of hydrogen-bond acceptors (Lipinski definition) is 2. The van der Waals surface area contributed by atoms with E-state index in [4.69, 9.17) is 0 Å². The summed E-state index contributed by atoms with van der Waals surface area (Å²) >= 11 is 0. The Morgan fingerprint density at radius 3 is 2.50 bits per heavy atom. The molecule has 20 heavy (non-hydrogen) atoms. The first-order chi connectivity index (χ1) is 9.38. The fourth-order valence-electron chi connectivity index (χ4n) is 2.20. The van der Waals surface area contributed by atoms with Gasteiger partial charge in [0.2, 0.25) is 0 Å². The summed E-state index contributed by atoms with van der Waals surface area (Å²) < 4.78 is 40.5. The van der Waals surface area contributed by atoms with Crippen LogP contribution in [0.4, 0.5) is 13.2 Å². The van der Waals surface area contributed by atoms with Crippen LogP contribution in [0.25, 0.3) is 22.0 Å². The Hall–Kier alpha value is -2.31. The Morgan fingerprint density at radius 1 is 1.15 bits per heavy atom. The molecule has 0 aliphatic carbocycles. The molecule has 3 rings (SSSR count). The number of nitrogens with one attached hydrogen (secondary N) is 1. The van der Waals surface area contributed by atoms with Crippen molar-refractivity contribution >= 4 is 10.9 Å². The number of hydrogen-bond donors (Lipinski definition) is 1. The van der Waals surface area contributed by atoms with Gasteiger partial charge in [0, 0.05) is 23.7 Å². The topological polar surface area (TPSA) is 46.5 Å². The van der Waals surface area contributed by atoms with Crippen LogP contribution in [-0.2, 0) is 13.2 Å². The Kier molecular flexibility index (Phi) is 2.60. The Balaban J connectivity index is 2.34. The van der Waals surface area contributed by atoms with Crippen molar-refractivity contribution in [1.82, 2.24) is 20.0 Å². The van der Waals surface area contributed by atoms with Crippen LogP contribution in [0.5, 0.6) is 0 Å². The summed E-state index contributed by atoms with van der Waals surface area (Å²) in [6.45, 7) is 1.81. The van der Waals surface area contributed by atoms with Crippen LogP contribution < -0.4 is 0 Å². The molecule has 0 amide bonds. The van der Waals surface area contributed by atoms with E-state index < -0.39 is 11.7 Å². The zero-order valence-electron chi connectivity index (χ0n) is 10.8. The highest BCUT2D eigenvalue weighted by Crippen LogP contribution is 2.37. The highest BCUT2D eigenvalue weighted by Gasteiger charge is 2.32. The molecular formula is C13H11F3N4. The molecule has 0 atom stereocenters. The smallest absolute Gasteiger partial charge is 0.278 e. The van der Waals surface area contributed by atoms with Crippen molar-refractivity contribution in [3.05, 3.63) is 35.8 Å². The molecule has 0 aliphatic heterocycles. The first kappa shape index (κ1) is 12.7. The monoisotopic (exact) mass is 280 g/mol. The quantitative estimate of drug-likeness (QED) is 0.743. The Bertz CT molecular complexity index is 783. The molecule has 7 heteroatoms. The minimum absolute atomic E-state index is 0.359. The minimum Gasteiger partial charge on any atom is -0.278 e. The van der Waals surface area contributed by atoms with Crippen molar-refractivity contribution < 1.29 is 13.2 Å². The molecule has 0 spiro atoms. The van der Waals surface area contributed by atoms with Gasteiger partial charge in [-0.2, -0.15) is 23.4 Å². The summed E-state index contributed by atoms with van der Waals surface area (Å²) in [6, 6.07) is 2.21. The summed E-state index contributed by atoms with van der Waals surface area (Å²) in [4.78, 5) is 0. The lowest BCUT2D eigenvalue weighted by Gasteiger charge is -2.10. The number of halogens is 3. The first-order valence-corrected chi connectivity index (χ1v) is 5.91. The summed E-state index contributed by atoms with van der Waals surface area (Å²) in [5.41, 5.74) is 1.61. The van der Waals surface area contributed by atoms with E-state index in [1.807, 2.05) is 6.92 Å². The number of H-pyrrole nitrogens is 1. The average Bonchev–Trinajstić information content (AvgIpc) is 2.96. The Morgan fingerprint density at radius 2 is 1.90 bits per heavy atom. The summed E-state index contributed by atoms with van der Waals surface area (Å²) in [5, 5.41) is 11.1. The second kappa shape index (κ2) is 4.09. The fraction of sp³-hybridized carbons (Fsp3) is 0.231. The van der Waals surface area contributed by atoms with Crippen LogP contribution in [0.15, 0.2) is 24.5 Å². The Labute approximate surface area is 112 Å². The number of nitrogens with zero attached hydrogens (tertiary/aromatic N) is 3. The van der Waals surface area contributed by atoms with E-state index in [1.54, 1.807) is 17.9 Å². The molecule has 104 valence electrons. The van der Waals surface area contributed by atoms with E-state index in [9.17, 15) is 13.2 Å². The van der Waals surface area contributed by atoms with E-state index >= 15 is 0 Å². The first-order valence-electron chi connectivity index (χ1n) is 5.91. The molecule has 3 aromatic rings. The van der Waals surface area contributed by atoms with E-state index in [0.717, 1.165) is 17.8 Å². The molecule has 1 aromatic carbocycles. The van der Waals surface area contributed by atoms with Crippen LogP contribution in [0, 0.1) is 6.92 Å². The van der Waals surface area contributed by atoms with Gasteiger partial charge >= 0.3 is 6.18 Å². The highest BCUT2D eigenvalue weighted by atomic mass is 19.4. The van der Waals surface area contributed by atoms with Gasteiger partial charge in [-0.15, -0.1) is 0 Å². The summed E-state index contributed by atoms with van der Waals surface area (Å²) in [6.07, 6.45) is -1.31. The SMILES string of the molecule is Cc1c(-c2cc(C(F)(F)F)cc3[nH]ncc23)cnn1C. The molecular weight excluding hydrogens is 269 g/mol. The lowest BCUT2D eigenvalue weighted by atomic mass is 9.99. The second-order valence-electron chi connectivity index (χ2n) is 4.62. The van der Waals surface area contributed by atoms with Crippen LogP contribution in [0.3, 0.4) is 0 Å². The third-order valence-electron chi connectivity index (χ3n) is 3.41. The maximum atomic E-state index is 13.0. The van der Waals surface area contributed by atoms with Gasteiger partial charge in [-0.1, -0.05) is 0 Å². The number of rotatable bonds is 1. The van der Waals surface area contributed by atoms with Crippen LogP contribution in [0.2, 0.25) is 0 Å². The van der Waals surface area contributed by atoms with Gasteiger partial charge in [0.15, 0.2) is 0 Å². The standard InChI is InChI=1S/C13H11F3N4/c1-7-10(6-18-20(7)2)9-3-8(13(14,15)16)4-12-11(9)5-17-19-12/h3-6H,1-2H3,(H,17,19). The van der Waals surface area contributed by atoms with Crippen molar-refractivity contribution in [2.45, 2.75) is 13.1 Å². The van der Waals surface area contributed by atoms with Gasteiger partial charge in [-0.3, -0.25) is 9.78 Å². The van der Waals surface area contributed by atoms with Crippen LogP contribution >= 0.6 is 0 Å². The minimum atomic E-state index is -4.40. The molecule has 2 aromatic heterocycles. The fourth-order valence-corrected chi connectivity index (χ4v) is 2.20. The van der Waals surface area contributed by atoms with Crippen molar-refractivity contribution in [3.63, 3.8) is 0 Å². The van der Waals surface area contributed by atoms with E-state index in [0.29, 0.717) is 22.0 Å². The largest absolute Gasteiger partial charge is 0.416 e.